The monoisotopic (exact) mass is 420 g/mol. The zero-order chi connectivity index (χ0) is 18.7. The van der Waals surface area contributed by atoms with Crippen LogP contribution in [0.2, 0.25) is 0 Å². The van der Waals surface area contributed by atoms with Crippen molar-refractivity contribution in [2.45, 2.75) is 33.4 Å². The molecule has 2 aromatic rings. The molecule has 1 aliphatic rings. The molecule has 0 aliphatic carbocycles. The molecule has 0 bridgehead atoms. The number of morpholine rings is 1. The maximum atomic E-state index is 12.7. The van der Waals surface area contributed by atoms with E-state index in [-0.39, 0.29) is 11.9 Å². The average Bonchev–Trinajstić information content (AvgIpc) is 2.89. The van der Waals surface area contributed by atoms with Gasteiger partial charge in [0.15, 0.2) is 0 Å². The van der Waals surface area contributed by atoms with Gasteiger partial charge in [0.2, 0.25) is 5.91 Å². The van der Waals surface area contributed by atoms with Gasteiger partial charge in [-0.2, -0.15) is 5.10 Å². The van der Waals surface area contributed by atoms with Crippen LogP contribution in [0.3, 0.4) is 0 Å². The smallest absolute Gasteiger partial charge is 0.248 e. The van der Waals surface area contributed by atoms with Crippen molar-refractivity contribution in [3.05, 3.63) is 45.7 Å². The van der Waals surface area contributed by atoms with Crippen LogP contribution in [0.5, 0.6) is 0 Å². The Balaban J connectivity index is 1.66. The number of rotatable bonds is 5. The van der Waals surface area contributed by atoms with Crippen molar-refractivity contribution >= 4 is 27.5 Å². The van der Waals surface area contributed by atoms with E-state index in [0.717, 1.165) is 54.4 Å². The first kappa shape index (κ1) is 19.1. The number of ether oxygens (including phenoxy) is 1. The second kappa shape index (κ2) is 8.33. The van der Waals surface area contributed by atoms with Crippen molar-refractivity contribution in [3.63, 3.8) is 0 Å². The first-order valence-corrected chi connectivity index (χ1v) is 9.66. The summed E-state index contributed by atoms with van der Waals surface area (Å²) in [5.41, 5.74) is 3.83. The van der Waals surface area contributed by atoms with E-state index in [4.69, 9.17) is 4.74 Å². The molecule has 1 fully saturated rings. The van der Waals surface area contributed by atoms with Crippen molar-refractivity contribution in [2.75, 3.05) is 31.6 Å². The molecular weight excluding hydrogens is 396 g/mol. The number of hydrogen-bond acceptors (Lipinski definition) is 4. The molecule has 7 heteroatoms. The topological polar surface area (TPSA) is 59.4 Å². The number of anilines is 1. The highest BCUT2D eigenvalue weighted by Gasteiger charge is 2.20. The van der Waals surface area contributed by atoms with E-state index in [2.05, 4.69) is 37.3 Å². The number of carbonyl (C=O) groups excluding carboxylic acids is 1. The maximum absolute atomic E-state index is 12.7. The lowest BCUT2D eigenvalue weighted by Gasteiger charge is -2.26. The van der Waals surface area contributed by atoms with E-state index in [1.807, 2.05) is 39.0 Å². The minimum atomic E-state index is -0.386. The third-order valence-electron chi connectivity index (χ3n) is 4.69. The van der Waals surface area contributed by atoms with E-state index in [1.54, 1.807) is 4.68 Å². The van der Waals surface area contributed by atoms with Crippen molar-refractivity contribution in [1.29, 1.82) is 0 Å². The highest BCUT2D eigenvalue weighted by atomic mass is 79.9. The number of benzene rings is 1. The Morgan fingerprint density at radius 3 is 2.73 bits per heavy atom. The fourth-order valence-electron chi connectivity index (χ4n) is 3.14. The third-order valence-corrected chi connectivity index (χ3v) is 5.84. The Labute approximate surface area is 162 Å². The number of nitrogens with zero attached hydrogens (tertiary/aromatic N) is 3. The van der Waals surface area contributed by atoms with Gasteiger partial charge < -0.3 is 10.1 Å². The number of amides is 1. The summed E-state index contributed by atoms with van der Waals surface area (Å²) in [6, 6.07) is 7.65. The molecule has 2 heterocycles. The highest BCUT2D eigenvalue weighted by molar-refractivity contribution is 9.10. The van der Waals surface area contributed by atoms with Gasteiger partial charge in [0.1, 0.15) is 6.04 Å². The molecule has 1 atom stereocenters. The van der Waals surface area contributed by atoms with Crippen LogP contribution in [0.1, 0.15) is 29.9 Å². The molecule has 1 aromatic heterocycles. The zero-order valence-corrected chi connectivity index (χ0v) is 17.0. The predicted molar refractivity (Wildman–Crippen MR) is 105 cm³/mol. The Hall–Kier alpha value is -1.70. The van der Waals surface area contributed by atoms with Gasteiger partial charge in [0.05, 0.1) is 29.1 Å². The molecular formula is C19H25BrN4O2. The van der Waals surface area contributed by atoms with E-state index >= 15 is 0 Å². The number of aromatic nitrogens is 2. The number of halogens is 1. The Bertz CT molecular complexity index is 784. The van der Waals surface area contributed by atoms with Gasteiger partial charge in [-0.05, 0) is 54.4 Å². The molecule has 1 saturated heterocycles. The zero-order valence-electron chi connectivity index (χ0n) is 15.5. The quantitative estimate of drug-likeness (QED) is 0.805. The summed E-state index contributed by atoms with van der Waals surface area (Å²) >= 11 is 3.51. The van der Waals surface area contributed by atoms with Gasteiger partial charge in [0, 0.05) is 25.3 Å². The number of hydrogen-bond donors (Lipinski definition) is 1. The summed E-state index contributed by atoms with van der Waals surface area (Å²) in [4.78, 5) is 15.0. The summed E-state index contributed by atoms with van der Waals surface area (Å²) in [6.45, 7) is 10.1. The average molecular weight is 421 g/mol. The van der Waals surface area contributed by atoms with Crippen LogP contribution in [-0.4, -0.2) is 46.9 Å². The predicted octanol–water partition coefficient (Wildman–Crippen LogP) is 3.29. The molecule has 3 rings (SSSR count). The van der Waals surface area contributed by atoms with E-state index in [1.165, 1.54) is 5.56 Å². The molecule has 26 heavy (non-hydrogen) atoms. The second-order valence-corrected chi connectivity index (χ2v) is 7.48. The highest BCUT2D eigenvalue weighted by Crippen LogP contribution is 2.23. The minimum Gasteiger partial charge on any atom is -0.379 e. The Morgan fingerprint density at radius 1 is 1.35 bits per heavy atom. The van der Waals surface area contributed by atoms with Crippen molar-refractivity contribution in [2.24, 2.45) is 0 Å². The van der Waals surface area contributed by atoms with Gasteiger partial charge in [-0.1, -0.05) is 12.1 Å². The first-order chi connectivity index (χ1) is 12.5. The normalized spacial score (nSPS) is 16.5. The van der Waals surface area contributed by atoms with Crippen LogP contribution in [-0.2, 0) is 16.1 Å². The van der Waals surface area contributed by atoms with Gasteiger partial charge >= 0.3 is 0 Å². The van der Waals surface area contributed by atoms with Crippen LogP contribution in [0.4, 0.5) is 5.69 Å². The molecule has 140 valence electrons. The van der Waals surface area contributed by atoms with Crippen LogP contribution >= 0.6 is 15.9 Å². The molecule has 0 spiro atoms. The minimum absolute atomic E-state index is 0.0772. The van der Waals surface area contributed by atoms with E-state index < -0.39 is 0 Å². The summed E-state index contributed by atoms with van der Waals surface area (Å²) in [6.07, 6.45) is 0. The molecule has 1 N–H and O–H groups in total. The lowest BCUT2D eigenvalue weighted by atomic mass is 10.1. The van der Waals surface area contributed by atoms with Crippen LogP contribution in [0.25, 0.3) is 0 Å². The maximum Gasteiger partial charge on any atom is 0.248 e. The Kier molecular flexibility index (Phi) is 6.11. The summed E-state index contributed by atoms with van der Waals surface area (Å²) in [5.74, 6) is -0.0772. The molecule has 1 aliphatic heterocycles. The van der Waals surface area contributed by atoms with Gasteiger partial charge in [-0.15, -0.1) is 0 Å². The van der Waals surface area contributed by atoms with Crippen LogP contribution < -0.4 is 5.32 Å². The SMILES string of the molecule is Cc1nn(C(C)C(=O)Nc2cccc(CN3CCOCC3)c2)c(C)c1Br. The number of aryl methyl sites for hydroxylation is 1. The summed E-state index contributed by atoms with van der Waals surface area (Å²) in [5, 5.41) is 7.47. The van der Waals surface area contributed by atoms with Crippen molar-refractivity contribution < 1.29 is 9.53 Å². The van der Waals surface area contributed by atoms with E-state index in [9.17, 15) is 4.79 Å². The summed E-state index contributed by atoms with van der Waals surface area (Å²) < 4.78 is 8.10. The van der Waals surface area contributed by atoms with Crippen LogP contribution in [0, 0.1) is 13.8 Å². The fraction of sp³-hybridized carbons (Fsp3) is 0.474. The van der Waals surface area contributed by atoms with Crippen molar-refractivity contribution in [3.8, 4) is 0 Å². The molecule has 1 aromatic carbocycles. The van der Waals surface area contributed by atoms with Crippen molar-refractivity contribution in [1.82, 2.24) is 14.7 Å². The lowest BCUT2D eigenvalue weighted by Crippen LogP contribution is -2.35. The fourth-order valence-corrected chi connectivity index (χ4v) is 3.40. The number of carbonyl (C=O) groups is 1. The van der Waals surface area contributed by atoms with E-state index in [0.29, 0.717) is 0 Å². The van der Waals surface area contributed by atoms with Gasteiger partial charge in [-0.25, -0.2) is 0 Å². The standard InChI is InChI=1S/C19H25BrN4O2/c1-13-18(20)14(2)24(22-13)15(3)19(25)21-17-6-4-5-16(11-17)12-23-7-9-26-10-8-23/h4-6,11,15H,7-10,12H2,1-3H3,(H,21,25). The third kappa shape index (κ3) is 4.34. The lowest BCUT2D eigenvalue weighted by molar-refractivity contribution is -0.119. The largest absolute Gasteiger partial charge is 0.379 e. The second-order valence-electron chi connectivity index (χ2n) is 6.68. The molecule has 0 radical (unpaired) electrons. The molecule has 1 amide bonds. The van der Waals surface area contributed by atoms with Gasteiger partial charge in [-0.3, -0.25) is 14.4 Å². The molecule has 1 unspecified atom stereocenters. The van der Waals surface area contributed by atoms with Gasteiger partial charge in [0.25, 0.3) is 0 Å². The Morgan fingerprint density at radius 2 is 2.08 bits per heavy atom. The number of nitrogens with one attached hydrogen (secondary N) is 1. The molecule has 0 saturated carbocycles. The summed E-state index contributed by atoms with van der Waals surface area (Å²) in [7, 11) is 0. The first-order valence-electron chi connectivity index (χ1n) is 8.87. The van der Waals surface area contributed by atoms with Crippen LogP contribution in [0.15, 0.2) is 28.7 Å². The molecule has 6 nitrogen and oxygen atoms in total.